The molecule has 1 saturated carbocycles. The van der Waals surface area contributed by atoms with Gasteiger partial charge in [0.05, 0.1) is 0 Å². The molecule has 0 bridgehead atoms. The van der Waals surface area contributed by atoms with Crippen LogP contribution in [0, 0.1) is 5.41 Å². The Kier molecular flexibility index (Phi) is 9.68. The van der Waals surface area contributed by atoms with Crippen molar-refractivity contribution in [2.45, 2.75) is 51.5 Å². The predicted octanol–water partition coefficient (Wildman–Crippen LogP) is 3.69. The zero-order valence-corrected chi connectivity index (χ0v) is 20.0. The molecule has 2 fully saturated rings. The number of carbonyl (C=O) groups is 1. The highest BCUT2D eigenvalue weighted by Gasteiger charge is 2.33. The molecule has 0 atom stereocenters. The van der Waals surface area contributed by atoms with E-state index in [0.717, 1.165) is 44.2 Å². The molecule has 1 aliphatic heterocycles. The number of carbonyl (C=O) groups excluding carboxylic acids is 1. The minimum atomic E-state index is 0. The van der Waals surface area contributed by atoms with Crippen LogP contribution in [-0.4, -0.2) is 45.7 Å². The van der Waals surface area contributed by atoms with Crippen LogP contribution < -0.4 is 15.5 Å². The van der Waals surface area contributed by atoms with Crippen molar-refractivity contribution in [3.05, 3.63) is 29.8 Å². The second kappa shape index (κ2) is 11.7. The minimum absolute atomic E-state index is 0. The second-order valence-electron chi connectivity index (χ2n) is 8.04. The zero-order valence-electron chi connectivity index (χ0n) is 17.7. The van der Waals surface area contributed by atoms with Gasteiger partial charge in [-0.3, -0.25) is 9.79 Å². The fraction of sp³-hybridized carbons (Fsp3) is 0.636. The highest BCUT2D eigenvalue weighted by Crippen LogP contribution is 2.40. The van der Waals surface area contributed by atoms with Gasteiger partial charge in [-0.1, -0.05) is 25.0 Å². The SMILES string of the molecule is CN=C(NCc1ccc(N2CCCC2=O)cc1)NCC1(CCOC)CCCC1.I. The third kappa shape index (κ3) is 6.57. The van der Waals surface area contributed by atoms with Gasteiger partial charge in [0, 0.05) is 52.5 Å². The number of nitrogens with zero attached hydrogens (tertiary/aromatic N) is 2. The summed E-state index contributed by atoms with van der Waals surface area (Å²) in [4.78, 5) is 18.1. The first-order valence-corrected chi connectivity index (χ1v) is 10.5. The number of methoxy groups -OCH3 is 1. The van der Waals surface area contributed by atoms with Crippen LogP contribution in [-0.2, 0) is 16.1 Å². The summed E-state index contributed by atoms with van der Waals surface area (Å²) < 4.78 is 5.32. The van der Waals surface area contributed by atoms with Crippen LogP contribution in [0.5, 0.6) is 0 Å². The normalized spacial score (nSPS) is 18.6. The van der Waals surface area contributed by atoms with E-state index in [-0.39, 0.29) is 29.9 Å². The molecule has 7 heteroatoms. The van der Waals surface area contributed by atoms with Crippen molar-refractivity contribution in [3.63, 3.8) is 0 Å². The van der Waals surface area contributed by atoms with Gasteiger partial charge in [0.2, 0.25) is 5.91 Å². The molecule has 2 aliphatic rings. The fourth-order valence-corrected chi connectivity index (χ4v) is 4.35. The third-order valence-corrected chi connectivity index (χ3v) is 6.14. The first kappa shape index (κ1) is 23.9. The molecule has 162 valence electrons. The maximum Gasteiger partial charge on any atom is 0.227 e. The maximum atomic E-state index is 11.9. The van der Waals surface area contributed by atoms with Crippen LogP contribution in [0.2, 0.25) is 0 Å². The van der Waals surface area contributed by atoms with Crippen LogP contribution in [0.25, 0.3) is 0 Å². The van der Waals surface area contributed by atoms with E-state index >= 15 is 0 Å². The number of benzene rings is 1. The minimum Gasteiger partial charge on any atom is -0.385 e. The quantitative estimate of drug-likeness (QED) is 0.316. The molecule has 1 aromatic rings. The number of halogens is 1. The first-order valence-electron chi connectivity index (χ1n) is 10.5. The lowest BCUT2D eigenvalue weighted by Crippen LogP contribution is -2.43. The molecule has 2 N–H and O–H groups in total. The molecule has 1 aliphatic carbocycles. The van der Waals surface area contributed by atoms with Crippen molar-refractivity contribution in [2.75, 3.05) is 38.8 Å². The molecule has 0 aromatic heterocycles. The fourth-order valence-electron chi connectivity index (χ4n) is 4.35. The summed E-state index contributed by atoms with van der Waals surface area (Å²) >= 11 is 0. The topological polar surface area (TPSA) is 66.0 Å². The molecule has 1 heterocycles. The summed E-state index contributed by atoms with van der Waals surface area (Å²) in [6.45, 7) is 3.29. The first-order chi connectivity index (χ1) is 13.7. The Morgan fingerprint density at radius 3 is 2.48 bits per heavy atom. The van der Waals surface area contributed by atoms with Crippen LogP contribution >= 0.6 is 24.0 Å². The summed E-state index contributed by atoms with van der Waals surface area (Å²) in [5.41, 5.74) is 2.50. The Hall–Kier alpha value is -1.35. The summed E-state index contributed by atoms with van der Waals surface area (Å²) in [6.07, 6.45) is 7.86. The average molecular weight is 514 g/mol. The van der Waals surface area contributed by atoms with E-state index in [0.29, 0.717) is 18.4 Å². The van der Waals surface area contributed by atoms with Crippen molar-refractivity contribution < 1.29 is 9.53 Å². The third-order valence-electron chi connectivity index (χ3n) is 6.14. The van der Waals surface area contributed by atoms with Crippen LogP contribution in [0.1, 0.15) is 50.5 Å². The number of amides is 1. The number of guanidine groups is 1. The molecule has 29 heavy (non-hydrogen) atoms. The maximum absolute atomic E-state index is 11.9. The number of rotatable bonds is 8. The number of hydrogen-bond acceptors (Lipinski definition) is 3. The Morgan fingerprint density at radius 1 is 1.17 bits per heavy atom. The lowest BCUT2D eigenvalue weighted by molar-refractivity contribution is -0.117. The Morgan fingerprint density at radius 2 is 1.90 bits per heavy atom. The van der Waals surface area contributed by atoms with Gasteiger partial charge in [-0.15, -0.1) is 24.0 Å². The second-order valence-corrected chi connectivity index (χ2v) is 8.04. The highest BCUT2D eigenvalue weighted by atomic mass is 127. The van der Waals surface area contributed by atoms with E-state index in [1.807, 2.05) is 24.1 Å². The van der Waals surface area contributed by atoms with Gasteiger partial charge in [0.1, 0.15) is 0 Å². The van der Waals surface area contributed by atoms with E-state index in [4.69, 9.17) is 4.74 Å². The number of aliphatic imine (C=N–C) groups is 1. The number of nitrogens with one attached hydrogen (secondary N) is 2. The van der Waals surface area contributed by atoms with Crippen molar-refractivity contribution in [3.8, 4) is 0 Å². The van der Waals surface area contributed by atoms with Gasteiger partial charge in [-0.2, -0.15) is 0 Å². The van der Waals surface area contributed by atoms with Gasteiger partial charge < -0.3 is 20.3 Å². The molecular formula is C22H35IN4O2. The molecule has 0 spiro atoms. The molecule has 0 unspecified atom stereocenters. The lowest BCUT2D eigenvalue weighted by Gasteiger charge is -2.30. The largest absolute Gasteiger partial charge is 0.385 e. The molecule has 0 radical (unpaired) electrons. The summed E-state index contributed by atoms with van der Waals surface area (Å²) in [5.74, 6) is 1.06. The standard InChI is InChI=1S/C22H34N4O2.HI/c1-23-21(25-17-22(13-15-28-2)11-3-4-12-22)24-16-18-7-9-19(10-8-18)26-14-5-6-20(26)27;/h7-10H,3-6,11-17H2,1-2H3,(H2,23,24,25);1H. The van der Waals surface area contributed by atoms with E-state index in [1.165, 1.54) is 31.2 Å². The lowest BCUT2D eigenvalue weighted by atomic mass is 9.83. The van der Waals surface area contributed by atoms with Crippen LogP contribution in [0.4, 0.5) is 5.69 Å². The van der Waals surface area contributed by atoms with Gasteiger partial charge in [0.15, 0.2) is 5.96 Å². The van der Waals surface area contributed by atoms with E-state index in [2.05, 4.69) is 27.8 Å². The predicted molar refractivity (Wildman–Crippen MR) is 129 cm³/mol. The molecular weight excluding hydrogens is 479 g/mol. The van der Waals surface area contributed by atoms with Crippen molar-refractivity contribution in [1.29, 1.82) is 0 Å². The van der Waals surface area contributed by atoms with Crippen molar-refractivity contribution >= 4 is 41.5 Å². The Labute approximate surface area is 191 Å². The summed E-state index contributed by atoms with van der Waals surface area (Å²) in [5, 5.41) is 6.93. The van der Waals surface area contributed by atoms with E-state index < -0.39 is 0 Å². The Balaban J connectivity index is 0.00000300. The monoisotopic (exact) mass is 514 g/mol. The van der Waals surface area contributed by atoms with Crippen molar-refractivity contribution in [1.82, 2.24) is 10.6 Å². The van der Waals surface area contributed by atoms with Crippen molar-refractivity contribution in [2.24, 2.45) is 10.4 Å². The molecule has 1 aromatic carbocycles. The average Bonchev–Trinajstić information content (AvgIpc) is 3.36. The van der Waals surface area contributed by atoms with Gasteiger partial charge in [-0.05, 0) is 48.8 Å². The molecule has 1 amide bonds. The van der Waals surface area contributed by atoms with Gasteiger partial charge in [0.25, 0.3) is 0 Å². The number of ether oxygens (including phenoxy) is 1. The smallest absolute Gasteiger partial charge is 0.227 e. The zero-order chi connectivity index (χ0) is 19.8. The molecule has 3 rings (SSSR count). The Bertz CT molecular complexity index is 672. The van der Waals surface area contributed by atoms with Gasteiger partial charge in [-0.25, -0.2) is 0 Å². The molecule has 1 saturated heterocycles. The van der Waals surface area contributed by atoms with Crippen LogP contribution in [0.3, 0.4) is 0 Å². The van der Waals surface area contributed by atoms with Gasteiger partial charge >= 0.3 is 0 Å². The number of hydrogen-bond donors (Lipinski definition) is 2. The summed E-state index contributed by atoms with van der Waals surface area (Å²) in [7, 11) is 3.59. The highest BCUT2D eigenvalue weighted by molar-refractivity contribution is 14.0. The van der Waals surface area contributed by atoms with E-state index in [9.17, 15) is 4.79 Å². The summed E-state index contributed by atoms with van der Waals surface area (Å²) in [6, 6.07) is 8.24. The van der Waals surface area contributed by atoms with Crippen LogP contribution in [0.15, 0.2) is 29.3 Å². The molecule has 6 nitrogen and oxygen atoms in total. The number of anilines is 1. The van der Waals surface area contributed by atoms with E-state index in [1.54, 1.807) is 7.11 Å².